The second kappa shape index (κ2) is 7.48. The van der Waals surface area contributed by atoms with E-state index in [9.17, 15) is 4.79 Å². The fraction of sp³-hybridized carbons (Fsp3) is 0.417. The molecule has 31 heavy (non-hydrogen) atoms. The summed E-state index contributed by atoms with van der Waals surface area (Å²) in [6, 6.07) is 7.51. The molecule has 1 aliphatic heterocycles. The van der Waals surface area contributed by atoms with E-state index in [0.29, 0.717) is 17.0 Å². The Balaban J connectivity index is 1.49. The van der Waals surface area contributed by atoms with Gasteiger partial charge >= 0.3 is 0 Å². The van der Waals surface area contributed by atoms with Gasteiger partial charge in [-0.1, -0.05) is 13.8 Å². The second-order valence-corrected chi connectivity index (χ2v) is 8.99. The van der Waals surface area contributed by atoms with Crippen molar-refractivity contribution < 1.29 is 0 Å². The highest BCUT2D eigenvalue weighted by atomic mass is 16.1. The van der Waals surface area contributed by atoms with Crippen molar-refractivity contribution in [2.75, 3.05) is 18.0 Å². The molecule has 4 aromatic heterocycles. The number of piperidine rings is 1. The Kier molecular flexibility index (Phi) is 4.76. The van der Waals surface area contributed by atoms with Crippen LogP contribution in [0.4, 0.5) is 5.69 Å². The molecule has 0 radical (unpaired) electrons. The molecule has 4 aromatic rings. The van der Waals surface area contributed by atoms with Gasteiger partial charge in [-0.25, -0.2) is 9.50 Å². The fourth-order valence-corrected chi connectivity index (χ4v) is 4.65. The maximum atomic E-state index is 12.9. The van der Waals surface area contributed by atoms with Crippen molar-refractivity contribution >= 4 is 16.9 Å². The van der Waals surface area contributed by atoms with Crippen molar-refractivity contribution in [2.24, 2.45) is 11.8 Å². The lowest BCUT2D eigenvalue weighted by atomic mass is 9.86. The van der Waals surface area contributed by atoms with E-state index in [4.69, 9.17) is 4.98 Å². The Hall–Kier alpha value is -3.22. The first-order valence-electron chi connectivity index (χ1n) is 11.0. The van der Waals surface area contributed by atoms with Crippen LogP contribution < -0.4 is 10.5 Å². The summed E-state index contributed by atoms with van der Waals surface area (Å²) < 4.78 is 3.44. The number of aromatic nitrogens is 5. The Bertz CT molecular complexity index is 1330. The molecule has 5 heterocycles. The zero-order valence-electron chi connectivity index (χ0n) is 18.5. The number of hydrogen-bond donors (Lipinski definition) is 0. The van der Waals surface area contributed by atoms with E-state index in [1.165, 1.54) is 12.8 Å². The number of rotatable bonds is 3. The third-order valence-electron chi connectivity index (χ3n) is 6.51. The topological polar surface area (TPSA) is 67.8 Å². The van der Waals surface area contributed by atoms with E-state index in [0.717, 1.165) is 47.5 Å². The molecule has 0 atom stereocenters. The maximum absolute atomic E-state index is 12.9. The normalized spacial score (nSPS) is 15.5. The van der Waals surface area contributed by atoms with Crippen LogP contribution in [-0.4, -0.2) is 37.1 Å². The van der Waals surface area contributed by atoms with E-state index in [-0.39, 0.29) is 5.56 Å². The number of hydrogen-bond acceptors (Lipinski definition) is 5. The molecule has 1 saturated heterocycles. The van der Waals surface area contributed by atoms with E-state index < -0.39 is 0 Å². The zero-order valence-corrected chi connectivity index (χ0v) is 18.5. The van der Waals surface area contributed by atoms with Crippen molar-refractivity contribution in [3.05, 3.63) is 58.4 Å². The van der Waals surface area contributed by atoms with Crippen LogP contribution in [-0.2, 0) is 0 Å². The molecule has 7 heteroatoms. The second-order valence-electron chi connectivity index (χ2n) is 8.99. The molecule has 5 rings (SSSR count). The SMILES string of the molecule is Cc1cn2nc(-c3cc(=O)n4cc(N5CCC(C(C)C)CC5)ccc4n3)cc2c(C)n1. The summed E-state index contributed by atoms with van der Waals surface area (Å²) >= 11 is 0. The van der Waals surface area contributed by atoms with Gasteiger partial charge in [0.2, 0.25) is 0 Å². The van der Waals surface area contributed by atoms with E-state index >= 15 is 0 Å². The van der Waals surface area contributed by atoms with Crippen LogP contribution in [0.1, 0.15) is 38.1 Å². The smallest absolute Gasteiger partial charge is 0.258 e. The molecule has 0 bridgehead atoms. The first-order valence-corrected chi connectivity index (χ1v) is 11.0. The maximum Gasteiger partial charge on any atom is 0.258 e. The lowest BCUT2D eigenvalue weighted by molar-refractivity contribution is 0.311. The van der Waals surface area contributed by atoms with Gasteiger partial charge in [-0.2, -0.15) is 5.10 Å². The van der Waals surface area contributed by atoms with E-state index in [1.807, 2.05) is 38.4 Å². The number of fused-ring (bicyclic) bond motifs is 2. The average Bonchev–Trinajstić information content (AvgIpc) is 3.18. The summed E-state index contributed by atoms with van der Waals surface area (Å²) in [5, 5.41) is 4.62. The molecular formula is C24H28N6O. The Morgan fingerprint density at radius 3 is 2.52 bits per heavy atom. The lowest BCUT2D eigenvalue weighted by Gasteiger charge is -2.35. The molecule has 0 aliphatic carbocycles. The quantitative estimate of drug-likeness (QED) is 0.507. The molecule has 0 unspecified atom stereocenters. The summed E-state index contributed by atoms with van der Waals surface area (Å²) in [7, 11) is 0. The van der Waals surface area contributed by atoms with Gasteiger partial charge in [0.05, 0.1) is 34.5 Å². The fourth-order valence-electron chi connectivity index (χ4n) is 4.65. The van der Waals surface area contributed by atoms with Crippen LogP contribution in [0.15, 0.2) is 41.5 Å². The first kappa shape index (κ1) is 19.7. The number of nitrogens with zero attached hydrogens (tertiary/aromatic N) is 6. The van der Waals surface area contributed by atoms with Crippen LogP contribution in [0, 0.1) is 25.7 Å². The van der Waals surface area contributed by atoms with Crippen LogP contribution in [0.25, 0.3) is 22.6 Å². The summed E-state index contributed by atoms with van der Waals surface area (Å²) in [5.41, 5.74) is 5.59. The molecule has 0 spiro atoms. The van der Waals surface area contributed by atoms with Crippen LogP contribution >= 0.6 is 0 Å². The summed E-state index contributed by atoms with van der Waals surface area (Å²) in [6.45, 7) is 10.6. The molecule has 1 fully saturated rings. The minimum atomic E-state index is -0.0954. The van der Waals surface area contributed by atoms with Crippen LogP contribution in [0.5, 0.6) is 0 Å². The van der Waals surface area contributed by atoms with Gasteiger partial charge in [-0.3, -0.25) is 14.2 Å². The standard InChI is InChI=1S/C24H28N6O/c1-15(2)18-7-9-28(10-8-18)19-5-6-23-26-20(12-24(31)29(23)14-19)21-11-22-17(4)25-16(3)13-30(22)27-21/h5-6,11-15,18H,7-10H2,1-4H3. The Morgan fingerprint density at radius 1 is 1.00 bits per heavy atom. The largest absolute Gasteiger partial charge is 0.370 e. The predicted molar refractivity (Wildman–Crippen MR) is 123 cm³/mol. The summed E-state index contributed by atoms with van der Waals surface area (Å²) in [4.78, 5) is 24.5. The minimum Gasteiger partial charge on any atom is -0.370 e. The average molecular weight is 417 g/mol. The van der Waals surface area contributed by atoms with Gasteiger partial charge in [-0.15, -0.1) is 0 Å². The zero-order chi connectivity index (χ0) is 21.7. The highest BCUT2D eigenvalue weighted by Gasteiger charge is 2.22. The summed E-state index contributed by atoms with van der Waals surface area (Å²) in [6.07, 6.45) is 6.20. The highest BCUT2D eigenvalue weighted by Crippen LogP contribution is 2.28. The predicted octanol–water partition coefficient (Wildman–Crippen LogP) is 3.89. The molecule has 0 saturated carbocycles. The van der Waals surface area contributed by atoms with E-state index in [1.54, 1.807) is 15.0 Å². The lowest BCUT2D eigenvalue weighted by Crippen LogP contribution is -2.35. The summed E-state index contributed by atoms with van der Waals surface area (Å²) in [5.74, 6) is 1.52. The Labute approximate surface area is 181 Å². The highest BCUT2D eigenvalue weighted by molar-refractivity contribution is 5.66. The van der Waals surface area contributed by atoms with Crippen LogP contribution in [0.3, 0.4) is 0 Å². The van der Waals surface area contributed by atoms with Gasteiger partial charge < -0.3 is 4.90 Å². The number of pyridine rings is 1. The molecule has 0 aromatic carbocycles. The van der Waals surface area contributed by atoms with Crippen molar-refractivity contribution in [3.63, 3.8) is 0 Å². The van der Waals surface area contributed by atoms with Crippen molar-refractivity contribution in [2.45, 2.75) is 40.5 Å². The van der Waals surface area contributed by atoms with E-state index in [2.05, 4.69) is 34.9 Å². The Morgan fingerprint density at radius 2 is 1.77 bits per heavy atom. The number of aryl methyl sites for hydroxylation is 2. The van der Waals surface area contributed by atoms with Gasteiger partial charge in [0.15, 0.2) is 0 Å². The van der Waals surface area contributed by atoms with Crippen molar-refractivity contribution in [3.8, 4) is 11.4 Å². The third kappa shape index (κ3) is 3.58. The third-order valence-corrected chi connectivity index (χ3v) is 6.51. The molecule has 0 amide bonds. The first-order chi connectivity index (χ1) is 14.9. The van der Waals surface area contributed by atoms with Gasteiger partial charge in [0, 0.05) is 25.4 Å². The van der Waals surface area contributed by atoms with Crippen molar-refractivity contribution in [1.29, 1.82) is 0 Å². The molecule has 7 nitrogen and oxygen atoms in total. The molecule has 1 aliphatic rings. The van der Waals surface area contributed by atoms with Crippen LogP contribution in [0.2, 0.25) is 0 Å². The minimum absolute atomic E-state index is 0.0954. The van der Waals surface area contributed by atoms with Gasteiger partial charge in [0.1, 0.15) is 11.3 Å². The molecule has 0 N–H and O–H groups in total. The van der Waals surface area contributed by atoms with Gasteiger partial charge in [0.25, 0.3) is 5.56 Å². The molecule has 160 valence electrons. The van der Waals surface area contributed by atoms with Crippen molar-refractivity contribution in [1.82, 2.24) is 24.0 Å². The monoisotopic (exact) mass is 416 g/mol. The molecular weight excluding hydrogens is 388 g/mol. The number of anilines is 1. The van der Waals surface area contributed by atoms with Gasteiger partial charge in [-0.05, 0) is 56.7 Å².